The number of methoxy groups -OCH3 is 1. The Kier molecular flexibility index (Phi) is 17.4. The average molecular weight is 484 g/mol. The van der Waals surface area contributed by atoms with Crippen LogP contribution in [0, 0.1) is 20.0 Å². The molecule has 0 heterocycles. The van der Waals surface area contributed by atoms with Gasteiger partial charge in [0, 0.05) is 17.1 Å². The molecule has 0 N–H and O–H groups in total. The topological polar surface area (TPSA) is 78.2 Å². The summed E-state index contributed by atoms with van der Waals surface area (Å²) in [5, 5.41) is 0. The summed E-state index contributed by atoms with van der Waals surface area (Å²) >= 11 is 0. The Hall–Kier alpha value is -2.21. The summed E-state index contributed by atoms with van der Waals surface area (Å²) in [5.41, 5.74) is 0. The van der Waals surface area contributed by atoms with Gasteiger partial charge >= 0.3 is 66.9 Å². The van der Waals surface area contributed by atoms with Crippen LogP contribution in [-0.4, -0.2) is 7.11 Å². The van der Waals surface area contributed by atoms with E-state index < -0.39 is 7.81 Å². The second-order valence-corrected chi connectivity index (χ2v) is 5.97. The zero-order valence-electron chi connectivity index (χ0n) is 14.3. The molecule has 0 fully saturated rings. The van der Waals surface area contributed by atoms with Crippen molar-refractivity contribution in [1.29, 1.82) is 0 Å². The molecule has 13 heteroatoms. The molecule has 0 spiro atoms. The minimum atomic E-state index is -10.7. The summed E-state index contributed by atoms with van der Waals surface area (Å²) in [6, 6.07) is 17.2. The Balaban J connectivity index is -0.000000191. The fraction of sp³-hybridized carbons (Fsp3) is 0.0625. The molecular weight excluding hydrogens is 472 g/mol. The Morgan fingerprint density at radius 1 is 0.621 bits per heavy atom. The van der Waals surface area contributed by atoms with Crippen LogP contribution in [0.25, 0.3) is 0 Å². The van der Waals surface area contributed by atoms with Gasteiger partial charge in [0.1, 0.15) is 17.2 Å². The second-order valence-electron chi connectivity index (χ2n) is 4.05. The first-order valence-corrected chi connectivity index (χ1v) is 8.41. The van der Waals surface area contributed by atoms with Crippen LogP contribution < -0.4 is 9.47 Å². The van der Waals surface area contributed by atoms with Crippen LogP contribution in [0.3, 0.4) is 0 Å². The van der Waals surface area contributed by atoms with E-state index in [0.717, 1.165) is 17.2 Å². The molecule has 29 heavy (non-hydrogen) atoms. The van der Waals surface area contributed by atoms with E-state index >= 15 is 0 Å². The molecule has 0 saturated heterocycles. The third-order valence-electron chi connectivity index (χ3n) is 2.04. The number of benzene rings is 2. The normalized spacial score (nSPS) is 10.8. The standard InChI is InChI=1S/C13H12O2.3CO.F6P.Mn/c1-14-11-7-9-13(10-8-11)15-12-5-3-2-4-6-12;3*1-2;1-7(2,3,4,5)6;/h2-10H,1H3;;;;;/q;;;;-1;. The quantitative estimate of drug-likeness (QED) is 0.159. The minimum Gasteiger partial charge on any atom is 0 e. The molecule has 0 bridgehead atoms. The molecule has 2 aromatic rings. The summed E-state index contributed by atoms with van der Waals surface area (Å²) in [4.78, 5) is 0. The maximum atomic E-state index is 9.87. The van der Waals surface area contributed by atoms with E-state index in [1.165, 1.54) is 0 Å². The summed E-state index contributed by atoms with van der Waals surface area (Å²) in [6.07, 6.45) is 0. The third-order valence-corrected chi connectivity index (χ3v) is 2.04. The molecule has 5 nitrogen and oxygen atoms in total. The van der Waals surface area contributed by atoms with E-state index in [1.54, 1.807) is 7.11 Å². The van der Waals surface area contributed by atoms with Crippen molar-refractivity contribution < 1.29 is 65.7 Å². The van der Waals surface area contributed by atoms with Gasteiger partial charge in [-0.15, -0.1) is 0 Å². The molecule has 0 atom stereocenters. The average Bonchev–Trinajstić information content (AvgIpc) is 2.66. The van der Waals surface area contributed by atoms with Gasteiger partial charge in [0.2, 0.25) is 0 Å². The van der Waals surface area contributed by atoms with E-state index in [-0.39, 0.29) is 17.1 Å². The van der Waals surface area contributed by atoms with Crippen molar-refractivity contribution in [3.05, 3.63) is 74.5 Å². The van der Waals surface area contributed by atoms with Gasteiger partial charge in [0.25, 0.3) is 0 Å². The molecule has 2 rings (SSSR count). The first kappa shape index (κ1) is 34.3. The maximum Gasteiger partial charge on any atom is 0 e. The van der Waals surface area contributed by atoms with Crippen LogP contribution >= 0.6 is 7.81 Å². The van der Waals surface area contributed by atoms with E-state index in [9.17, 15) is 25.2 Å². The Labute approximate surface area is 172 Å². The van der Waals surface area contributed by atoms with E-state index in [2.05, 4.69) is 20.0 Å². The van der Waals surface area contributed by atoms with Gasteiger partial charge in [-0.3, -0.25) is 0 Å². The van der Waals surface area contributed by atoms with Crippen molar-refractivity contribution in [3.8, 4) is 17.2 Å². The summed E-state index contributed by atoms with van der Waals surface area (Å²) in [7, 11) is -9.01. The molecule has 0 aliphatic rings. The van der Waals surface area contributed by atoms with Gasteiger partial charge in [-0.1, -0.05) is 18.2 Å². The van der Waals surface area contributed by atoms with Crippen LogP contribution in [0.2, 0.25) is 0 Å². The SMILES string of the molecule is COc1ccc(Oc2ccccc2)cc1.F[P-](F)(F)(F)(F)F.[C-]#[O+].[C-]#[O+].[C-]#[O+].[Mn]. The monoisotopic (exact) mass is 484 g/mol. The zero-order valence-corrected chi connectivity index (χ0v) is 16.4. The molecule has 161 valence electrons. The van der Waals surface area contributed by atoms with Crippen molar-refractivity contribution in [2.45, 2.75) is 0 Å². The van der Waals surface area contributed by atoms with Crippen molar-refractivity contribution in [2.24, 2.45) is 0 Å². The van der Waals surface area contributed by atoms with Gasteiger partial charge in [0.15, 0.2) is 0 Å². The van der Waals surface area contributed by atoms with Crippen molar-refractivity contribution >= 4 is 7.81 Å². The summed E-state index contributed by atoms with van der Waals surface area (Å²) < 4.78 is 92.4. The molecule has 0 aliphatic heterocycles. The molecular formula is C16H12F6MnO5P-. The largest absolute Gasteiger partial charge is 0 e. The third kappa shape index (κ3) is 30.7. The summed E-state index contributed by atoms with van der Waals surface area (Å²) in [6.45, 7) is 13.5. The number of rotatable bonds is 3. The number of hydrogen-bond donors (Lipinski definition) is 0. The van der Waals surface area contributed by atoms with Crippen LogP contribution in [0.1, 0.15) is 0 Å². The predicted molar refractivity (Wildman–Crippen MR) is 84.9 cm³/mol. The number of hydrogen-bond acceptors (Lipinski definition) is 2. The van der Waals surface area contributed by atoms with Gasteiger partial charge in [0.05, 0.1) is 7.11 Å². The summed E-state index contributed by atoms with van der Waals surface area (Å²) in [5.74, 6) is 2.47. The Morgan fingerprint density at radius 2 is 0.897 bits per heavy atom. The van der Waals surface area contributed by atoms with E-state index in [4.69, 9.17) is 23.4 Å². The molecule has 0 unspecified atom stereocenters. The fourth-order valence-corrected chi connectivity index (χ4v) is 1.27. The van der Waals surface area contributed by atoms with Gasteiger partial charge in [-0.05, 0) is 36.4 Å². The Bertz CT molecular complexity index is 706. The molecule has 1 radical (unpaired) electrons. The molecule has 0 aliphatic carbocycles. The molecule has 0 amide bonds. The van der Waals surface area contributed by atoms with Crippen LogP contribution in [0.4, 0.5) is 25.2 Å². The number of ether oxygens (including phenoxy) is 2. The smallest absolute Gasteiger partial charge is 0 e. The number of halogens is 6. The Morgan fingerprint density at radius 3 is 1.21 bits per heavy atom. The second kappa shape index (κ2) is 14.7. The van der Waals surface area contributed by atoms with E-state index in [0.29, 0.717) is 0 Å². The molecule has 0 saturated carbocycles. The van der Waals surface area contributed by atoms with Crippen LogP contribution in [0.15, 0.2) is 54.6 Å². The number of para-hydroxylation sites is 1. The molecule has 2 aromatic carbocycles. The van der Waals surface area contributed by atoms with Crippen LogP contribution in [-0.2, 0) is 31.0 Å². The van der Waals surface area contributed by atoms with Crippen molar-refractivity contribution in [1.82, 2.24) is 0 Å². The zero-order chi connectivity index (χ0) is 22.9. The predicted octanol–water partition coefficient (Wildman–Crippen LogP) is 6.75. The first-order valence-electron chi connectivity index (χ1n) is 6.38. The van der Waals surface area contributed by atoms with Crippen LogP contribution in [0.5, 0.6) is 17.2 Å². The minimum absolute atomic E-state index is 0. The molecule has 0 aromatic heterocycles. The van der Waals surface area contributed by atoms with E-state index in [1.807, 2.05) is 54.6 Å². The van der Waals surface area contributed by atoms with Crippen molar-refractivity contribution in [2.75, 3.05) is 7.11 Å². The fourth-order valence-electron chi connectivity index (χ4n) is 1.27. The van der Waals surface area contributed by atoms with Gasteiger partial charge in [-0.25, -0.2) is 0 Å². The van der Waals surface area contributed by atoms with Gasteiger partial charge in [-0.2, -0.15) is 0 Å². The van der Waals surface area contributed by atoms with Gasteiger partial charge < -0.3 is 9.47 Å². The first-order chi connectivity index (χ1) is 12.8. The van der Waals surface area contributed by atoms with Crippen molar-refractivity contribution in [3.63, 3.8) is 0 Å². The maximum absolute atomic E-state index is 10.7.